The number of aromatic amines is 1. The average Bonchev–Trinajstić information content (AvgIpc) is 3.12. The van der Waals surface area contributed by atoms with E-state index in [1.54, 1.807) is 19.1 Å². The van der Waals surface area contributed by atoms with E-state index in [0.717, 1.165) is 23.7 Å². The number of likely N-dealkylation sites (N-methyl/N-ethyl adjacent to an activating group) is 1. The molecule has 2 heterocycles. The number of fused-ring (bicyclic) bond motifs is 1. The minimum atomic E-state index is -0.129. The zero-order chi connectivity index (χ0) is 17.8. The van der Waals surface area contributed by atoms with Crippen molar-refractivity contribution in [2.75, 3.05) is 40.4 Å². The third-order valence-corrected chi connectivity index (χ3v) is 4.87. The molecule has 0 spiro atoms. The Balaban J connectivity index is 1.67. The highest BCUT2D eigenvalue weighted by atomic mass is 16.5. The summed E-state index contributed by atoms with van der Waals surface area (Å²) in [5, 5.41) is 1.02. The second kappa shape index (κ2) is 7.70. The minimum Gasteiger partial charge on any atom is -0.383 e. The van der Waals surface area contributed by atoms with Gasteiger partial charge in [-0.3, -0.25) is 9.59 Å². The number of aromatic nitrogens is 1. The lowest BCUT2D eigenvalue weighted by molar-refractivity contribution is -0.136. The Morgan fingerprint density at radius 2 is 2.20 bits per heavy atom. The van der Waals surface area contributed by atoms with Crippen LogP contribution in [0.25, 0.3) is 10.9 Å². The van der Waals surface area contributed by atoms with Crippen LogP contribution in [0.2, 0.25) is 0 Å². The smallest absolute Gasteiger partial charge is 0.253 e. The molecular weight excluding hydrogens is 318 g/mol. The third kappa shape index (κ3) is 3.85. The summed E-state index contributed by atoms with van der Waals surface area (Å²) in [6.07, 6.45) is 3.55. The summed E-state index contributed by atoms with van der Waals surface area (Å²) >= 11 is 0. The highest BCUT2D eigenvalue weighted by Gasteiger charge is 2.30. The van der Waals surface area contributed by atoms with E-state index in [2.05, 4.69) is 4.98 Å². The van der Waals surface area contributed by atoms with E-state index >= 15 is 0 Å². The van der Waals surface area contributed by atoms with E-state index in [1.807, 2.05) is 35.4 Å². The fourth-order valence-electron chi connectivity index (χ4n) is 3.38. The van der Waals surface area contributed by atoms with Crippen LogP contribution in [0.3, 0.4) is 0 Å². The van der Waals surface area contributed by atoms with E-state index in [4.69, 9.17) is 4.74 Å². The number of carbonyl (C=O) groups excluding carboxylic acids is 2. The second-order valence-electron chi connectivity index (χ2n) is 6.62. The maximum Gasteiger partial charge on any atom is 0.253 e. The molecular formula is C19H25N3O3. The van der Waals surface area contributed by atoms with Crippen molar-refractivity contribution >= 4 is 22.7 Å². The molecule has 1 saturated heterocycles. The number of likely N-dealkylation sites (tertiary alicyclic amines) is 1. The molecule has 3 rings (SSSR count). The molecule has 1 aromatic carbocycles. The Labute approximate surface area is 147 Å². The molecule has 1 aliphatic rings. The fraction of sp³-hybridized carbons (Fsp3) is 0.474. The molecule has 0 aliphatic carbocycles. The number of rotatable bonds is 5. The Kier molecular flexibility index (Phi) is 5.38. The first-order valence-electron chi connectivity index (χ1n) is 8.70. The molecule has 0 bridgehead atoms. The van der Waals surface area contributed by atoms with E-state index in [-0.39, 0.29) is 17.7 Å². The molecule has 6 nitrogen and oxygen atoms in total. The molecule has 0 unspecified atom stereocenters. The molecule has 134 valence electrons. The molecule has 1 atom stereocenters. The average molecular weight is 343 g/mol. The van der Waals surface area contributed by atoms with Crippen LogP contribution in [0.5, 0.6) is 0 Å². The predicted molar refractivity (Wildman–Crippen MR) is 96.4 cm³/mol. The highest BCUT2D eigenvalue weighted by molar-refractivity contribution is 5.98. The predicted octanol–water partition coefficient (Wildman–Crippen LogP) is 2.12. The van der Waals surface area contributed by atoms with Gasteiger partial charge in [-0.15, -0.1) is 0 Å². The SMILES string of the molecule is COCCN(C)C(=O)[C@@H]1CCCN(C(=O)c2ccc3[nH]ccc3c2)C1. The van der Waals surface area contributed by atoms with Crippen LogP contribution in [-0.4, -0.2) is 67.0 Å². The summed E-state index contributed by atoms with van der Waals surface area (Å²) in [6.45, 7) is 2.29. The molecule has 2 aromatic rings. The van der Waals surface area contributed by atoms with Crippen LogP contribution in [0.15, 0.2) is 30.5 Å². The van der Waals surface area contributed by atoms with Crippen molar-refractivity contribution in [1.82, 2.24) is 14.8 Å². The normalized spacial score (nSPS) is 17.7. The zero-order valence-electron chi connectivity index (χ0n) is 14.8. The van der Waals surface area contributed by atoms with Crippen molar-refractivity contribution in [3.63, 3.8) is 0 Å². The van der Waals surface area contributed by atoms with E-state index < -0.39 is 0 Å². The molecule has 0 radical (unpaired) electrons. The monoisotopic (exact) mass is 343 g/mol. The molecule has 1 aromatic heterocycles. The maximum absolute atomic E-state index is 12.8. The lowest BCUT2D eigenvalue weighted by Gasteiger charge is -2.34. The number of carbonyl (C=O) groups is 2. The van der Waals surface area contributed by atoms with Crippen molar-refractivity contribution < 1.29 is 14.3 Å². The van der Waals surface area contributed by atoms with Crippen LogP contribution >= 0.6 is 0 Å². The van der Waals surface area contributed by atoms with Crippen LogP contribution in [0.1, 0.15) is 23.2 Å². The Bertz CT molecular complexity index is 755. The van der Waals surface area contributed by atoms with E-state index in [0.29, 0.717) is 31.8 Å². The van der Waals surface area contributed by atoms with Gasteiger partial charge in [-0.05, 0) is 37.1 Å². The van der Waals surface area contributed by atoms with Crippen molar-refractivity contribution in [3.8, 4) is 0 Å². The Hall–Kier alpha value is -2.34. The number of nitrogens with zero attached hydrogens (tertiary/aromatic N) is 2. The number of nitrogens with one attached hydrogen (secondary N) is 1. The fourth-order valence-corrected chi connectivity index (χ4v) is 3.38. The van der Waals surface area contributed by atoms with Gasteiger partial charge in [0.1, 0.15) is 0 Å². The van der Waals surface area contributed by atoms with E-state index in [1.165, 1.54) is 0 Å². The zero-order valence-corrected chi connectivity index (χ0v) is 14.8. The molecule has 1 fully saturated rings. The number of benzene rings is 1. The van der Waals surface area contributed by atoms with Crippen LogP contribution < -0.4 is 0 Å². The topological polar surface area (TPSA) is 65.6 Å². The lowest BCUT2D eigenvalue weighted by Crippen LogP contribution is -2.46. The van der Waals surface area contributed by atoms with Gasteiger partial charge in [0.05, 0.1) is 12.5 Å². The van der Waals surface area contributed by atoms with Gasteiger partial charge in [0.25, 0.3) is 5.91 Å². The summed E-state index contributed by atoms with van der Waals surface area (Å²) < 4.78 is 5.03. The molecule has 0 saturated carbocycles. The van der Waals surface area contributed by atoms with Crippen molar-refractivity contribution in [2.24, 2.45) is 5.92 Å². The van der Waals surface area contributed by atoms with Crippen molar-refractivity contribution in [2.45, 2.75) is 12.8 Å². The molecule has 2 amide bonds. The van der Waals surface area contributed by atoms with Gasteiger partial charge in [0, 0.05) is 56.5 Å². The summed E-state index contributed by atoms with van der Waals surface area (Å²) in [7, 11) is 3.42. The first-order valence-corrected chi connectivity index (χ1v) is 8.70. The minimum absolute atomic E-state index is 0.000134. The maximum atomic E-state index is 12.8. The number of hydrogen-bond acceptors (Lipinski definition) is 3. The standard InChI is InChI=1S/C19H25N3O3/c1-21(10-11-25-2)18(23)16-4-3-9-22(13-16)19(24)15-5-6-17-14(12-15)7-8-20-17/h5-8,12,16,20H,3-4,9-11,13H2,1-2H3/t16-/m1/s1. The molecule has 6 heteroatoms. The van der Waals surface area contributed by atoms with Crippen molar-refractivity contribution in [3.05, 3.63) is 36.0 Å². The third-order valence-electron chi connectivity index (χ3n) is 4.87. The highest BCUT2D eigenvalue weighted by Crippen LogP contribution is 2.22. The van der Waals surface area contributed by atoms with Gasteiger partial charge in [-0.2, -0.15) is 0 Å². The van der Waals surface area contributed by atoms with Gasteiger partial charge in [0.2, 0.25) is 5.91 Å². The number of amides is 2. The first-order chi connectivity index (χ1) is 12.1. The van der Waals surface area contributed by atoms with Gasteiger partial charge in [0.15, 0.2) is 0 Å². The number of methoxy groups -OCH3 is 1. The van der Waals surface area contributed by atoms with E-state index in [9.17, 15) is 9.59 Å². The summed E-state index contributed by atoms with van der Waals surface area (Å²) in [5.41, 5.74) is 1.69. The summed E-state index contributed by atoms with van der Waals surface area (Å²) in [4.78, 5) is 32.1. The van der Waals surface area contributed by atoms with Crippen LogP contribution in [0.4, 0.5) is 0 Å². The molecule has 25 heavy (non-hydrogen) atoms. The van der Waals surface area contributed by atoms with Gasteiger partial charge in [-0.25, -0.2) is 0 Å². The largest absolute Gasteiger partial charge is 0.383 e. The van der Waals surface area contributed by atoms with Gasteiger partial charge >= 0.3 is 0 Å². The van der Waals surface area contributed by atoms with Gasteiger partial charge in [-0.1, -0.05) is 0 Å². The van der Waals surface area contributed by atoms with Crippen molar-refractivity contribution in [1.29, 1.82) is 0 Å². The lowest BCUT2D eigenvalue weighted by atomic mass is 9.96. The summed E-state index contributed by atoms with van der Waals surface area (Å²) in [6, 6.07) is 7.63. The number of hydrogen-bond donors (Lipinski definition) is 1. The first kappa shape index (κ1) is 17.5. The quantitative estimate of drug-likeness (QED) is 0.904. The number of H-pyrrole nitrogens is 1. The Morgan fingerprint density at radius 3 is 3.00 bits per heavy atom. The second-order valence-corrected chi connectivity index (χ2v) is 6.62. The summed E-state index contributed by atoms with van der Waals surface area (Å²) in [5.74, 6) is -0.0358. The number of ether oxygens (including phenoxy) is 1. The molecule has 1 aliphatic heterocycles. The van der Waals surface area contributed by atoms with Crippen LogP contribution in [0, 0.1) is 5.92 Å². The van der Waals surface area contributed by atoms with Crippen LogP contribution in [-0.2, 0) is 9.53 Å². The Morgan fingerprint density at radius 1 is 1.36 bits per heavy atom. The number of piperidine rings is 1. The molecule has 1 N–H and O–H groups in total. The van der Waals surface area contributed by atoms with Gasteiger partial charge < -0.3 is 19.5 Å².